The minimum Gasteiger partial charge on any atom is -0.494 e. The summed E-state index contributed by atoms with van der Waals surface area (Å²) in [5, 5.41) is 0. The second-order valence-corrected chi connectivity index (χ2v) is 3.86. The first kappa shape index (κ1) is 14.2. The number of rotatable bonds is 7. The summed E-state index contributed by atoms with van der Waals surface area (Å²) < 4.78 is 10.7. The van der Waals surface area contributed by atoms with Crippen molar-refractivity contribution in [3.8, 4) is 11.5 Å². The number of Topliss-reactive ketones (excluding diaryl/α,β-unsaturated/α-hetero) is 2. The molecule has 0 aromatic heterocycles. The highest BCUT2D eigenvalue weighted by Gasteiger charge is 2.12. The fourth-order valence-corrected chi connectivity index (χ4v) is 1.56. The first-order chi connectivity index (χ1) is 8.56. The predicted octanol–water partition coefficient (Wildman–Crippen LogP) is 2.65. The van der Waals surface area contributed by atoms with E-state index in [1.807, 2.05) is 13.8 Å². The fraction of sp³-hybridized carbons (Fsp3) is 0.429. The number of ketones is 2. The molecule has 0 N–H and O–H groups in total. The van der Waals surface area contributed by atoms with E-state index in [9.17, 15) is 9.59 Å². The fourth-order valence-electron chi connectivity index (χ4n) is 1.56. The van der Waals surface area contributed by atoms with Gasteiger partial charge in [-0.15, -0.1) is 0 Å². The zero-order valence-electron chi connectivity index (χ0n) is 11.0. The number of hydrogen-bond acceptors (Lipinski definition) is 4. The lowest BCUT2D eigenvalue weighted by Crippen LogP contribution is -2.06. The molecule has 0 spiro atoms. The summed E-state index contributed by atoms with van der Waals surface area (Å²) in [5.74, 6) is 0.787. The molecule has 18 heavy (non-hydrogen) atoms. The van der Waals surface area contributed by atoms with Gasteiger partial charge in [-0.05, 0) is 32.9 Å². The lowest BCUT2D eigenvalue weighted by molar-refractivity contribution is -0.116. The van der Waals surface area contributed by atoms with Crippen molar-refractivity contribution in [2.24, 2.45) is 0 Å². The topological polar surface area (TPSA) is 52.6 Å². The summed E-state index contributed by atoms with van der Waals surface area (Å²) >= 11 is 0. The van der Waals surface area contributed by atoms with Gasteiger partial charge in [0.2, 0.25) is 0 Å². The molecule has 1 rings (SSSR count). The molecule has 0 aliphatic carbocycles. The maximum Gasteiger partial charge on any atom is 0.170 e. The standard InChI is InChI=1S/C14H18O4/c1-4-17-12-7-11(14(16)6-10(3)15)8-13(9-12)18-5-2/h7-9H,4-6H2,1-3H3. The van der Waals surface area contributed by atoms with Crippen LogP contribution in [-0.4, -0.2) is 24.8 Å². The van der Waals surface area contributed by atoms with E-state index in [1.54, 1.807) is 18.2 Å². The van der Waals surface area contributed by atoms with Gasteiger partial charge < -0.3 is 9.47 Å². The summed E-state index contributed by atoms with van der Waals surface area (Å²) in [6, 6.07) is 5.01. The van der Waals surface area contributed by atoms with Gasteiger partial charge in [0.15, 0.2) is 5.78 Å². The van der Waals surface area contributed by atoms with Crippen molar-refractivity contribution in [3.63, 3.8) is 0 Å². The third-order valence-electron chi connectivity index (χ3n) is 2.23. The highest BCUT2D eigenvalue weighted by molar-refractivity contribution is 6.07. The Morgan fingerprint density at radius 1 is 1.00 bits per heavy atom. The molecule has 0 amide bonds. The number of benzene rings is 1. The molecule has 0 atom stereocenters. The summed E-state index contributed by atoms with van der Waals surface area (Å²) in [5.41, 5.74) is 0.444. The number of carbonyl (C=O) groups excluding carboxylic acids is 2. The molecule has 0 aliphatic rings. The average Bonchev–Trinajstić information content (AvgIpc) is 2.28. The van der Waals surface area contributed by atoms with E-state index in [-0.39, 0.29) is 18.0 Å². The van der Waals surface area contributed by atoms with Crippen LogP contribution < -0.4 is 9.47 Å². The Bertz CT molecular complexity index is 413. The summed E-state index contributed by atoms with van der Waals surface area (Å²) in [7, 11) is 0. The highest BCUT2D eigenvalue weighted by Crippen LogP contribution is 2.24. The lowest BCUT2D eigenvalue weighted by atomic mass is 10.1. The van der Waals surface area contributed by atoms with Crippen LogP contribution in [-0.2, 0) is 4.79 Å². The molecule has 0 radical (unpaired) electrons. The van der Waals surface area contributed by atoms with E-state index in [0.29, 0.717) is 30.3 Å². The minimum absolute atomic E-state index is 0.0961. The van der Waals surface area contributed by atoms with Gasteiger partial charge in [-0.25, -0.2) is 0 Å². The number of carbonyl (C=O) groups is 2. The van der Waals surface area contributed by atoms with Crippen LogP contribution in [0.2, 0.25) is 0 Å². The van der Waals surface area contributed by atoms with Crippen LogP contribution >= 0.6 is 0 Å². The Kier molecular flexibility index (Phi) is 5.36. The zero-order valence-corrected chi connectivity index (χ0v) is 11.0. The molecule has 98 valence electrons. The maximum atomic E-state index is 11.8. The largest absolute Gasteiger partial charge is 0.494 e. The molecule has 0 fully saturated rings. The summed E-state index contributed by atoms with van der Waals surface area (Å²) in [6.07, 6.45) is -0.0961. The molecule has 0 bridgehead atoms. The molecule has 1 aromatic carbocycles. The van der Waals surface area contributed by atoms with Crippen molar-refractivity contribution < 1.29 is 19.1 Å². The third kappa shape index (κ3) is 4.20. The van der Waals surface area contributed by atoms with Gasteiger partial charge in [-0.3, -0.25) is 9.59 Å². The molecule has 0 unspecified atom stereocenters. The second-order valence-electron chi connectivity index (χ2n) is 3.86. The van der Waals surface area contributed by atoms with Crippen molar-refractivity contribution in [3.05, 3.63) is 23.8 Å². The molecular weight excluding hydrogens is 232 g/mol. The van der Waals surface area contributed by atoms with Gasteiger partial charge in [0.25, 0.3) is 0 Å². The lowest BCUT2D eigenvalue weighted by Gasteiger charge is -2.09. The first-order valence-corrected chi connectivity index (χ1v) is 6.00. The van der Waals surface area contributed by atoms with Crippen molar-refractivity contribution >= 4 is 11.6 Å². The van der Waals surface area contributed by atoms with Gasteiger partial charge in [-0.1, -0.05) is 0 Å². The van der Waals surface area contributed by atoms with Crippen molar-refractivity contribution in [2.75, 3.05) is 13.2 Å². The van der Waals surface area contributed by atoms with Gasteiger partial charge in [0, 0.05) is 11.6 Å². The smallest absolute Gasteiger partial charge is 0.170 e. The molecule has 4 heteroatoms. The molecule has 0 aliphatic heterocycles. The monoisotopic (exact) mass is 250 g/mol. The third-order valence-corrected chi connectivity index (χ3v) is 2.23. The number of ether oxygens (including phenoxy) is 2. The molecular formula is C14H18O4. The summed E-state index contributed by atoms with van der Waals surface area (Å²) in [4.78, 5) is 22.8. The molecule has 4 nitrogen and oxygen atoms in total. The predicted molar refractivity (Wildman–Crippen MR) is 68.4 cm³/mol. The average molecular weight is 250 g/mol. The quantitative estimate of drug-likeness (QED) is 0.551. The Labute approximate surface area is 107 Å². The van der Waals surface area contributed by atoms with Crippen LogP contribution in [0.1, 0.15) is 37.6 Å². The van der Waals surface area contributed by atoms with Crippen LogP contribution in [0.4, 0.5) is 0 Å². The SMILES string of the molecule is CCOc1cc(OCC)cc(C(=O)CC(C)=O)c1. The minimum atomic E-state index is -0.218. The first-order valence-electron chi connectivity index (χ1n) is 6.00. The van der Waals surface area contributed by atoms with Gasteiger partial charge in [-0.2, -0.15) is 0 Å². The van der Waals surface area contributed by atoms with Crippen molar-refractivity contribution in [1.82, 2.24) is 0 Å². The molecule has 1 aromatic rings. The Morgan fingerprint density at radius 2 is 1.50 bits per heavy atom. The van der Waals surface area contributed by atoms with E-state index < -0.39 is 0 Å². The van der Waals surface area contributed by atoms with Crippen LogP contribution in [0, 0.1) is 0 Å². The maximum absolute atomic E-state index is 11.8. The molecule has 0 saturated carbocycles. The number of hydrogen-bond donors (Lipinski definition) is 0. The van der Waals surface area contributed by atoms with E-state index >= 15 is 0 Å². The van der Waals surface area contributed by atoms with Crippen molar-refractivity contribution in [1.29, 1.82) is 0 Å². The van der Waals surface area contributed by atoms with E-state index in [2.05, 4.69) is 0 Å². The van der Waals surface area contributed by atoms with E-state index in [4.69, 9.17) is 9.47 Å². The normalized spacial score (nSPS) is 9.94. The Balaban J connectivity index is 3.01. The second kappa shape index (κ2) is 6.79. The van der Waals surface area contributed by atoms with E-state index in [0.717, 1.165) is 0 Å². The highest BCUT2D eigenvalue weighted by atomic mass is 16.5. The van der Waals surface area contributed by atoms with Gasteiger partial charge >= 0.3 is 0 Å². The Hall–Kier alpha value is -1.84. The van der Waals surface area contributed by atoms with Crippen LogP contribution in [0.25, 0.3) is 0 Å². The zero-order chi connectivity index (χ0) is 13.5. The van der Waals surface area contributed by atoms with E-state index in [1.165, 1.54) is 6.92 Å². The summed E-state index contributed by atoms with van der Waals surface area (Å²) in [6.45, 7) is 6.15. The van der Waals surface area contributed by atoms with Crippen LogP contribution in [0.15, 0.2) is 18.2 Å². The van der Waals surface area contributed by atoms with Crippen molar-refractivity contribution in [2.45, 2.75) is 27.2 Å². The van der Waals surface area contributed by atoms with Crippen LogP contribution in [0.5, 0.6) is 11.5 Å². The van der Waals surface area contributed by atoms with Crippen LogP contribution in [0.3, 0.4) is 0 Å². The molecule has 0 heterocycles. The molecule has 0 saturated heterocycles. The van der Waals surface area contributed by atoms with Gasteiger partial charge in [0.05, 0.1) is 19.6 Å². The van der Waals surface area contributed by atoms with Gasteiger partial charge in [0.1, 0.15) is 17.3 Å². The Morgan fingerprint density at radius 3 is 1.89 bits per heavy atom.